The third kappa shape index (κ3) is 3.85. The molecule has 1 saturated heterocycles. The molecule has 1 aromatic heterocycles. The molecule has 0 bridgehead atoms. The van der Waals surface area contributed by atoms with Gasteiger partial charge in [0, 0.05) is 28.7 Å². The van der Waals surface area contributed by atoms with Gasteiger partial charge < -0.3 is 24.5 Å². The summed E-state index contributed by atoms with van der Waals surface area (Å²) in [7, 11) is 3.32. The fourth-order valence-corrected chi connectivity index (χ4v) is 4.44. The molecule has 3 aromatic rings. The summed E-state index contributed by atoms with van der Waals surface area (Å²) < 4.78 is 10.8. The maximum atomic E-state index is 9.02. The van der Waals surface area contributed by atoms with Gasteiger partial charge in [-0.1, -0.05) is 6.07 Å². The Balaban J connectivity index is 1.63. The van der Waals surface area contributed by atoms with Crippen LogP contribution < -0.4 is 9.47 Å². The molecular formula is C24H29N2O3. The molecule has 1 aliphatic rings. The number of nitrogens with zero attached hydrogens (tertiary/aromatic N) is 1. The van der Waals surface area contributed by atoms with Gasteiger partial charge in [0.1, 0.15) is 0 Å². The average Bonchev–Trinajstić information content (AvgIpc) is 3.10. The molecule has 153 valence electrons. The fraction of sp³-hybridized carbons (Fsp3) is 0.375. The number of aromatic amines is 1. The molecule has 2 heterocycles. The molecule has 2 aromatic carbocycles. The van der Waals surface area contributed by atoms with Crippen molar-refractivity contribution in [3.8, 4) is 22.8 Å². The molecule has 5 nitrogen and oxygen atoms in total. The molecule has 1 fully saturated rings. The van der Waals surface area contributed by atoms with Crippen LogP contribution in [-0.2, 0) is 0 Å². The molecule has 0 atom stereocenters. The number of benzene rings is 2. The Morgan fingerprint density at radius 2 is 1.83 bits per heavy atom. The van der Waals surface area contributed by atoms with Crippen molar-refractivity contribution in [2.45, 2.75) is 25.7 Å². The van der Waals surface area contributed by atoms with Crippen molar-refractivity contribution < 1.29 is 14.6 Å². The molecular weight excluding hydrogens is 364 g/mol. The average molecular weight is 394 g/mol. The van der Waals surface area contributed by atoms with Crippen LogP contribution in [-0.4, -0.2) is 48.8 Å². The minimum Gasteiger partial charge on any atom is -0.493 e. The maximum absolute atomic E-state index is 9.02. The quantitative estimate of drug-likeness (QED) is 0.627. The molecule has 29 heavy (non-hydrogen) atoms. The summed E-state index contributed by atoms with van der Waals surface area (Å²) in [5.41, 5.74) is 6.02. The van der Waals surface area contributed by atoms with Crippen LogP contribution in [0.15, 0.2) is 36.4 Å². The number of rotatable bonds is 6. The van der Waals surface area contributed by atoms with Crippen LogP contribution in [0.4, 0.5) is 0 Å². The number of likely N-dealkylation sites (tertiary alicyclic amines) is 1. The summed E-state index contributed by atoms with van der Waals surface area (Å²) in [5.74, 6) is 2.04. The Hall–Kier alpha value is -2.50. The van der Waals surface area contributed by atoms with Gasteiger partial charge >= 0.3 is 0 Å². The van der Waals surface area contributed by atoms with Crippen molar-refractivity contribution in [1.29, 1.82) is 0 Å². The Morgan fingerprint density at radius 3 is 2.52 bits per heavy atom. The monoisotopic (exact) mass is 393 g/mol. The van der Waals surface area contributed by atoms with Crippen molar-refractivity contribution in [1.82, 2.24) is 9.88 Å². The van der Waals surface area contributed by atoms with Gasteiger partial charge in [-0.05, 0) is 80.2 Å². The number of H-pyrrole nitrogens is 1. The zero-order valence-electron chi connectivity index (χ0n) is 17.4. The summed E-state index contributed by atoms with van der Waals surface area (Å²) in [6.45, 7) is 6.16. The van der Waals surface area contributed by atoms with Gasteiger partial charge in [-0.15, -0.1) is 0 Å². The number of piperidine rings is 1. The van der Waals surface area contributed by atoms with E-state index in [1.165, 1.54) is 23.1 Å². The predicted octanol–water partition coefficient (Wildman–Crippen LogP) is 4.87. The number of aliphatic hydroxyl groups excluding tert-OH is 1. The van der Waals surface area contributed by atoms with Crippen LogP contribution in [0.2, 0.25) is 0 Å². The van der Waals surface area contributed by atoms with Gasteiger partial charge in [-0.3, -0.25) is 0 Å². The van der Waals surface area contributed by atoms with E-state index in [1.54, 1.807) is 14.2 Å². The summed E-state index contributed by atoms with van der Waals surface area (Å²) >= 11 is 0. The predicted molar refractivity (Wildman–Crippen MR) is 116 cm³/mol. The minimum atomic E-state index is 0.577. The molecule has 0 saturated carbocycles. The van der Waals surface area contributed by atoms with Crippen molar-refractivity contribution in [3.63, 3.8) is 0 Å². The minimum absolute atomic E-state index is 0.577. The molecule has 1 radical (unpaired) electrons. The number of hydrogen-bond acceptors (Lipinski definition) is 4. The largest absolute Gasteiger partial charge is 0.493 e. The summed E-state index contributed by atoms with van der Waals surface area (Å²) in [5, 5.41) is 10.3. The van der Waals surface area contributed by atoms with Crippen LogP contribution in [0, 0.1) is 13.5 Å². The lowest BCUT2D eigenvalue weighted by molar-refractivity contribution is 0.196. The fourth-order valence-electron chi connectivity index (χ4n) is 4.44. The van der Waals surface area contributed by atoms with E-state index in [-0.39, 0.29) is 0 Å². The van der Waals surface area contributed by atoms with Gasteiger partial charge in [-0.2, -0.15) is 0 Å². The van der Waals surface area contributed by atoms with Gasteiger partial charge in [0.25, 0.3) is 0 Å². The van der Waals surface area contributed by atoms with E-state index in [4.69, 9.17) is 14.6 Å². The Kier molecular flexibility index (Phi) is 5.79. The first-order chi connectivity index (χ1) is 14.1. The Labute approximate surface area is 172 Å². The van der Waals surface area contributed by atoms with Crippen LogP contribution in [0.25, 0.3) is 22.2 Å². The highest BCUT2D eigenvalue weighted by Gasteiger charge is 2.21. The Morgan fingerprint density at radius 1 is 1.07 bits per heavy atom. The van der Waals surface area contributed by atoms with Gasteiger partial charge in [0.15, 0.2) is 11.5 Å². The van der Waals surface area contributed by atoms with Gasteiger partial charge in [0.2, 0.25) is 0 Å². The second-order valence-electron chi connectivity index (χ2n) is 7.76. The van der Waals surface area contributed by atoms with Gasteiger partial charge in [0.05, 0.1) is 20.8 Å². The summed E-state index contributed by atoms with van der Waals surface area (Å²) in [6, 6.07) is 12.8. The number of aromatic nitrogens is 1. The number of ether oxygens (including phenoxy) is 2. The number of aryl methyl sites for hydroxylation is 1. The number of fused-ring (bicyclic) bond motifs is 1. The molecule has 5 heteroatoms. The topological polar surface area (TPSA) is 57.7 Å². The normalized spacial score (nSPS) is 15.7. The van der Waals surface area contributed by atoms with Crippen LogP contribution in [0.3, 0.4) is 0 Å². The second-order valence-corrected chi connectivity index (χ2v) is 7.76. The summed E-state index contributed by atoms with van der Waals surface area (Å²) in [6.07, 6.45) is 2.26. The maximum Gasteiger partial charge on any atom is 0.161 e. The Bertz CT molecular complexity index is 987. The summed E-state index contributed by atoms with van der Waals surface area (Å²) in [4.78, 5) is 5.88. The second kappa shape index (κ2) is 8.47. The molecule has 2 N–H and O–H groups in total. The third-order valence-electron chi connectivity index (χ3n) is 6.15. The lowest BCUT2D eigenvalue weighted by Gasteiger charge is -2.31. The first-order valence-electron chi connectivity index (χ1n) is 10.2. The van der Waals surface area contributed by atoms with E-state index in [0.29, 0.717) is 12.5 Å². The smallest absolute Gasteiger partial charge is 0.161 e. The van der Waals surface area contributed by atoms with Crippen molar-refractivity contribution in [2.75, 3.05) is 33.9 Å². The zero-order chi connectivity index (χ0) is 20.4. The standard InChI is InChI=1S/C24H29N2O3/c1-16-20-14-18(17-8-10-26(11-9-17)12-13-27)4-6-21(20)25-24(16)19-5-7-22(28-2)23(15-19)29-3/h4-7,13-15,17,25,27H,8-12H2,1-3H3. The molecule has 0 unspecified atom stereocenters. The lowest BCUT2D eigenvalue weighted by Crippen LogP contribution is -2.33. The first-order valence-corrected chi connectivity index (χ1v) is 10.2. The number of nitrogens with one attached hydrogen (secondary N) is 1. The van der Waals surface area contributed by atoms with Crippen LogP contribution in [0.1, 0.15) is 29.9 Å². The molecule has 4 rings (SSSR count). The van der Waals surface area contributed by atoms with Crippen LogP contribution >= 0.6 is 0 Å². The highest BCUT2D eigenvalue weighted by Crippen LogP contribution is 2.37. The number of aliphatic hydroxyl groups is 1. The molecule has 0 spiro atoms. The zero-order valence-corrected chi connectivity index (χ0v) is 17.4. The van der Waals surface area contributed by atoms with Crippen molar-refractivity contribution in [3.05, 3.63) is 54.1 Å². The highest BCUT2D eigenvalue weighted by molar-refractivity contribution is 5.91. The van der Waals surface area contributed by atoms with E-state index in [9.17, 15) is 0 Å². The number of methoxy groups -OCH3 is 2. The van der Waals surface area contributed by atoms with E-state index in [0.717, 1.165) is 54.2 Å². The van der Waals surface area contributed by atoms with Gasteiger partial charge in [-0.25, -0.2) is 0 Å². The van der Waals surface area contributed by atoms with Crippen molar-refractivity contribution >= 4 is 10.9 Å². The van der Waals surface area contributed by atoms with E-state index in [2.05, 4.69) is 41.1 Å². The highest BCUT2D eigenvalue weighted by atomic mass is 16.5. The molecule has 0 aliphatic carbocycles. The SMILES string of the molecule is COc1ccc(-c2[nH]c3ccc(C4CCN(C[CH]O)CC4)cc3c2C)cc1OC. The molecule has 1 aliphatic heterocycles. The molecule has 0 amide bonds. The lowest BCUT2D eigenvalue weighted by atomic mass is 9.88. The van der Waals surface area contributed by atoms with Crippen LogP contribution in [0.5, 0.6) is 11.5 Å². The van der Waals surface area contributed by atoms with Crippen molar-refractivity contribution in [2.24, 2.45) is 0 Å². The van der Waals surface area contributed by atoms with E-state index in [1.807, 2.05) is 12.1 Å². The van der Waals surface area contributed by atoms with E-state index < -0.39 is 0 Å². The first kappa shape index (κ1) is 19.8. The van der Waals surface area contributed by atoms with E-state index >= 15 is 0 Å². The third-order valence-corrected chi connectivity index (χ3v) is 6.15. The number of hydrogen-bond donors (Lipinski definition) is 2.